The molecule has 0 saturated carbocycles. The minimum atomic E-state index is -1.50. The van der Waals surface area contributed by atoms with Crippen LogP contribution in [0, 0.1) is 25.7 Å². The fourth-order valence-corrected chi connectivity index (χ4v) is 11.0. The number of carbonyl (C=O) groups is 2. The van der Waals surface area contributed by atoms with E-state index in [1.807, 2.05) is 32.0 Å². The van der Waals surface area contributed by atoms with E-state index < -0.39 is 32.1 Å². The van der Waals surface area contributed by atoms with Crippen LogP contribution in [-0.4, -0.2) is 71.8 Å². The summed E-state index contributed by atoms with van der Waals surface area (Å²) in [5, 5.41) is 0. The molecule has 220 valence electrons. The van der Waals surface area contributed by atoms with Crippen LogP contribution in [0.25, 0.3) is 0 Å². The third-order valence-electron chi connectivity index (χ3n) is 9.32. The average molecular weight is 600 g/mol. The number of benzene rings is 1. The van der Waals surface area contributed by atoms with Gasteiger partial charge in [-0.1, -0.05) is 18.2 Å². The van der Waals surface area contributed by atoms with E-state index in [1.54, 1.807) is 23.5 Å². The maximum atomic E-state index is 14.5. The Hall–Kier alpha value is -2.21. The number of anilines is 1. The first-order valence-corrected chi connectivity index (χ1v) is 16.2. The van der Waals surface area contributed by atoms with Gasteiger partial charge in [0.1, 0.15) is 0 Å². The van der Waals surface area contributed by atoms with E-state index in [2.05, 4.69) is 13.8 Å². The lowest BCUT2D eigenvalue weighted by Gasteiger charge is -2.35. The SMILES string of the molecule is Cc1sc(C)c2c1COCCOCCOCCOCC1=C(C2)C2(C)C3C(=O)N(c4ccccc4)C(=O)C3[C@@]1(C)S2=O. The lowest BCUT2D eigenvalue weighted by atomic mass is 9.64. The molecule has 0 radical (unpaired) electrons. The summed E-state index contributed by atoms with van der Waals surface area (Å²) in [6.07, 6.45) is 0.536. The molecule has 4 aliphatic rings. The maximum Gasteiger partial charge on any atom is 0.239 e. The maximum absolute atomic E-state index is 14.5. The molecular weight excluding hydrogens is 562 g/mol. The number of rotatable bonds is 1. The lowest BCUT2D eigenvalue weighted by molar-refractivity contribution is -0.122. The van der Waals surface area contributed by atoms with Crippen LogP contribution in [0.2, 0.25) is 0 Å². The van der Waals surface area contributed by atoms with Crippen molar-refractivity contribution >= 4 is 39.6 Å². The highest BCUT2D eigenvalue weighted by atomic mass is 32.2. The van der Waals surface area contributed by atoms with Gasteiger partial charge in [0.15, 0.2) is 0 Å². The number of hydrogen-bond donors (Lipinski definition) is 0. The molecule has 4 aliphatic heterocycles. The number of carbonyl (C=O) groups excluding carboxylic acids is 2. The highest BCUT2D eigenvalue weighted by Crippen LogP contribution is 2.66. The molecule has 2 saturated heterocycles. The van der Waals surface area contributed by atoms with Gasteiger partial charge >= 0.3 is 0 Å². The Balaban J connectivity index is 1.44. The Morgan fingerprint density at radius 1 is 0.756 bits per heavy atom. The predicted molar refractivity (Wildman–Crippen MR) is 158 cm³/mol. The smallest absolute Gasteiger partial charge is 0.239 e. The molecule has 2 bridgehead atoms. The molecule has 41 heavy (non-hydrogen) atoms. The van der Waals surface area contributed by atoms with Gasteiger partial charge in [0.05, 0.1) is 79.9 Å². The summed E-state index contributed by atoms with van der Waals surface area (Å²) >= 11 is 1.73. The second-order valence-electron chi connectivity index (χ2n) is 11.4. The second kappa shape index (κ2) is 11.1. The van der Waals surface area contributed by atoms with E-state index in [4.69, 9.17) is 18.9 Å². The molecule has 5 heterocycles. The molecule has 4 unspecified atom stereocenters. The molecule has 2 aromatic rings. The van der Waals surface area contributed by atoms with Crippen molar-refractivity contribution < 1.29 is 32.7 Å². The van der Waals surface area contributed by atoms with Crippen LogP contribution in [-0.2, 0) is 52.4 Å². The molecule has 2 amide bonds. The lowest BCUT2D eigenvalue weighted by Crippen LogP contribution is -2.44. The van der Waals surface area contributed by atoms with E-state index >= 15 is 0 Å². The van der Waals surface area contributed by atoms with Crippen LogP contribution in [0.1, 0.15) is 34.7 Å². The standard InChI is InChI=1S/C31H37NO7S2/c1-19-22-16-24-25(18-39-15-13-37-11-10-36-12-14-38-17-23(22)20(2)40-19)31(4)27-26(30(24,3)41(31)35)28(33)32(29(27)34)21-8-6-5-7-9-21/h5-9,26-27H,10-18H2,1-4H3/t26?,27?,30?,31-,41?/m0/s1. The molecular formula is C31H37NO7S2. The fourth-order valence-electron chi connectivity index (χ4n) is 7.27. The monoisotopic (exact) mass is 599 g/mol. The van der Waals surface area contributed by atoms with Crippen LogP contribution in [0.15, 0.2) is 41.5 Å². The van der Waals surface area contributed by atoms with E-state index in [0.717, 1.165) is 22.3 Å². The van der Waals surface area contributed by atoms with Gasteiger partial charge in [-0.15, -0.1) is 11.3 Å². The third-order valence-corrected chi connectivity index (χ3v) is 13.0. The zero-order valence-electron chi connectivity index (χ0n) is 24.0. The predicted octanol–water partition coefficient (Wildman–Crippen LogP) is 3.88. The van der Waals surface area contributed by atoms with Crippen molar-refractivity contribution in [3.05, 3.63) is 62.4 Å². The molecule has 1 aromatic carbocycles. The highest BCUT2D eigenvalue weighted by molar-refractivity contribution is 7.89. The molecule has 0 spiro atoms. The summed E-state index contributed by atoms with van der Waals surface area (Å²) in [6.45, 7) is 11.4. The van der Waals surface area contributed by atoms with Gasteiger partial charge in [-0.05, 0) is 68.5 Å². The normalized spacial score (nSPS) is 33.1. The Kier molecular flexibility index (Phi) is 7.84. The fraction of sp³-hybridized carbons (Fsp3) is 0.548. The topological polar surface area (TPSA) is 91.4 Å². The summed E-state index contributed by atoms with van der Waals surface area (Å²) in [6, 6.07) is 9.06. The number of amides is 2. The van der Waals surface area contributed by atoms with Gasteiger partial charge in [-0.2, -0.15) is 0 Å². The third kappa shape index (κ3) is 4.41. The first-order valence-electron chi connectivity index (χ1n) is 14.2. The van der Waals surface area contributed by atoms with Crippen molar-refractivity contribution in [1.29, 1.82) is 0 Å². The molecule has 2 fully saturated rings. The van der Waals surface area contributed by atoms with E-state index in [0.29, 0.717) is 58.4 Å². The Morgan fingerprint density at radius 2 is 1.27 bits per heavy atom. The number of aryl methyl sites for hydroxylation is 2. The van der Waals surface area contributed by atoms with Crippen molar-refractivity contribution in [3.8, 4) is 0 Å². The van der Waals surface area contributed by atoms with E-state index in [-0.39, 0.29) is 18.4 Å². The summed E-state index contributed by atoms with van der Waals surface area (Å²) < 4.78 is 36.0. The summed E-state index contributed by atoms with van der Waals surface area (Å²) in [5.74, 6) is -1.95. The van der Waals surface area contributed by atoms with Crippen LogP contribution < -0.4 is 4.90 Å². The molecule has 5 atom stereocenters. The van der Waals surface area contributed by atoms with Gasteiger partial charge in [-0.25, -0.2) is 4.90 Å². The zero-order valence-corrected chi connectivity index (χ0v) is 25.7. The first kappa shape index (κ1) is 28.9. The number of ether oxygens (including phenoxy) is 4. The van der Waals surface area contributed by atoms with E-state index in [1.165, 1.54) is 14.7 Å². The summed E-state index contributed by atoms with van der Waals surface area (Å²) in [7, 11) is -1.50. The van der Waals surface area contributed by atoms with Gasteiger partial charge in [0, 0.05) is 20.6 Å². The molecule has 10 heteroatoms. The minimum Gasteiger partial charge on any atom is -0.377 e. The van der Waals surface area contributed by atoms with Crippen molar-refractivity contribution in [2.24, 2.45) is 11.8 Å². The number of nitrogens with zero attached hydrogens (tertiary/aromatic N) is 1. The van der Waals surface area contributed by atoms with Crippen molar-refractivity contribution in [1.82, 2.24) is 0 Å². The van der Waals surface area contributed by atoms with Crippen LogP contribution in [0.4, 0.5) is 5.69 Å². The molecule has 0 aliphatic carbocycles. The van der Waals surface area contributed by atoms with Gasteiger partial charge in [0.25, 0.3) is 0 Å². The number of fused-ring (bicyclic) bond motifs is 8. The molecule has 1 aromatic heterocycles. The highest BCUT2D eigenvalue weighted by Gasteiger charge is 2.78. The average Bonchev–Trinajstić information content (AvgIpc) is 3.50. The molecule has 0 N–H and O–H groups in total. The van der Waals surface area contributed by atoms with Gasteiger partial charge in [0.2, 0.25) is 11.8 Å². The minimum absolute atomic E-state index is 0.233. The molecule has 8 nitrogen and oxygen atoms in total. The van der Waals surface area contributed by atoms with Crippen LogP contribution in [0.5, 0.6) is 0 Å². The van der Waals surface area contributed by atoms with Gasteiger partial charge in [-0.3, -0.25) is 13.8 Å². The number of imide groups is 1. The summed E-state index contributed by atoms with van der Waals surface area (Å²) in [4.78, 5) is 31.8. The Labute approximate surface area is 247 Å². The molecule has 6 rings (SSSR count). The Bertz CT molecular complexity index is 1420. The Morgan fingerprint density at radius 3 is 1.88 bits per heavy atom. The van der Waals surface area contributed by atoms with Crippen LogP contribution in [0.3, 0.4) is 0 Å². The number of thiophene rings is 1. The zero-order chi connectivity index (χ0) is 28.9. The van der Waals surface area contributed by atoms with E-state index in [9.17, 15) is 13.8 Å². The summed E-state index contributed by atoms with van der Waals surface area (Å²) in [5.41, 5.74) is 4.69. The second-order valence-corrected chi connectivity index (χ2v) is 15.1. The van der Waals surface area contributed by atoms with Crippen LogP contribution >= 0.6 is 11.3 Å². The quantitative estimate of drug-likeness (QED) is 0.363. The largest absolute Gasteiger partial charge is 0.377 e. The van der Waals surface area contributed by atoms with Crippen molar-refractivity contribution in [2.75, 3.05) is 51.1 Å². The first-order chi connectivity index (χ1) is 19.7. The van der Waals surface area contributed by atoms with Crippen molar-refractivity contribution in [3.63, 3.8) is 0 Å². The van der Waals surface area contributed by atoms with Gasteiger partial charge < -0.3 is 18.9 Å². The number of para-hydroxylation sites is 1. The van der Waals surface area contributed by atoms with Crippen molar-refractivity contribution in [2.45, 2.75) is 50.2 Å². The number of hydrogen-bond acceptors (Lipinski definition) is 8.